The minimum absolute atomic E-state index is 0.206. The maximum Gasteiger partial charge on any atom is 0.178 e. The van der Waals surface area contributed by atoms with Crippen molar-refractivity contribution in [3.8, 4) is 33.8 Å². The first-order valence-electron chi connectivity index (χ1n) is 20.8. The number of nitrogens with zero attached hydrogens (tertiary/aromatic N) is 1. The van der Waals surface area contributed by atoms with Crippen molar-refractivity contribution in [1.29, 1.82) is 0 Å². The number of ether oxygens (including phenoxy) is 3. The monoisotopic (exact) mass is 757 g/mol. The first-order valence-corrected chi connectivity index (χ1v) is 20.8. The average molecular weight is 758 g/mol. The SMILES string of the molecule is CCCC1(CCC)c2cc(-c3ccc(CC)cc3)ccc2-c2c1c1c(c3ccc(C)cc23)OC(c2ccc(N3CCOCC3)cc2)(c2ccc(OC)c(F)c2)C=C1. The fourth-order valence-electron chi connectivity index (χ4n) is 10.1. The highest BCUT2D eigenvalue weighted by molar-refractivity contribution is 6.09. The van der Waals surface area contributed by atoms with Gasteiger partial charge in [-0.25, -0.2) is 4.39 Å². The zero-order chi connectivity index (χ0) is 39.3. The summed E-state index contributed by atoms with van der Waals surface area (Å²) in [4.78, 5) is 2.35. The van der Waals surface area contributed by atoms with E-state index in [-0.39, 0.29) is 11.2 Å². The van der Waals surface area contributed by atoms with Gasteiger partial charge in [-0.3, -0.25) is 0 Å². The number of anilines is 1. The molecule has 0 saturated carbocycles. The van der Waals surface area contributed by atoms with Crippen LogP contribution in [0.2, 0.25) is 0 Å². The molecule has 0 bridgehead atoms. The van der Waals surface area contributed by atoms with E-state index < -0.39 is 11.4 Å². The molecule has 9 rings (SSSR count). The fraction of sp³-hybridized carbons (Fsp3) is 0.308. The lowest BCUT2D eigenvalue weighted by molar-refractivity contribution is 0.122. The third-order valence-electron chi connectivity index (χ3n) is 12.8. The number of methoxy groups -OCH3 is 1. The second kappa shape index (κ2) is 14.8. The summed E-state index contributed by atoms with van der Waals surface area (Å²) in [5.74, 6) is 0.634. The van der Waals surface area contributed by atoms with Gasteiger partial charge in [0.25, 0.3) is 0 Å². The normalized spacial score (nSPS) is 17.9. The Bertz CT molecular complexity index is 2490. The van der Waals surface area contributed by atoms with Crippen LogP contribution in [0, 0.1) is 12.7 Å². The molecular weight excluding hydrogens is 706 g/mol. The molecule has 290 valence electrons. The highest BCUT2D eigenvalue weighted by atomic mass is 19.1. The van der Waals surface area contributed by atoms with Crippen LogP contribution in [-0.2, 0) is 22.2 Å². The molecule has 1 fully saturated rings. The molecular formula is C52H52FNO3. The minimum Gasteiger partial charge on any atom is -0.494 e. The molecule has 6 aromatic rings. The van der Waals surface area contributed by atoms with E-state index in [0.717, 1.165) is 73.1 Å². The van der Waals surface area contributed by atoms with Crippen molar-refractivity contribution in [3.05, 3.63) is 154 Å². The molecule has 2 heterocycles. The van der Waals surface area contributed by atoms with Gasteiger partial charge in [0.05, 0.1) is 20.3 Å². The third kappa shape index (κ3) is 6.05. The summed E-state index contributed by atoms with van der Waals surface area (Å²) >= 11 is 0. The van der Waals surface area contributed by atoms with Gasteiger partial charge in [0.2, 0.25) is 0 Å². The number of halogens is 1. The molecule has 57 heavy (non-hydrogen) atoms. The smallest absolute Gasteiger partial charge is 0.178 e. The lowest BCUT2D eigenvalue weighted by Gasteiger charge is -2.40. The molecule has 5 heteroatoms. The summed E-state index contributed by atoms with van der Waals surface area (Å²) in [6.45, 7) is 12.1. The Morgan fingerprint density at radius 1 is 0.754 bits per heavy atom. The number of fused-ring (bicyclic) bond motifs is 8. The summed E-state index contributed by atoms with van der Waals surface area (Å²) in [6, 6.07) is 36.9. The standard InChI is InChI=1S/C52H52FNO3/c1-6-24-51(25-7-2)45-32-37(36-12-10-35(8-3)11-13-36)14-21-42(45)48-44-31-34(4)9-20-41(44)50-43(49(48)51)23-26-52(57-50,39-17-22-47(55-5)46(53)33-39)38-15-18-40(19-16-38)54-27-29-56-30-28-54/h9-23,26,31-33H,6-8,24-25,27-30H2,1-5H3. The van der Waals surface area contributed by atoms with Gasteiger partial charge in [-0.05, 0) is 107 Å². The van der Waals surface area contributed by atoms with Crippen molar-refractivity contribution in [2.45, 2.75) is 70.8 Å². The van der Waals surface area contributed by atoms with E-state index in [9.17, 15) is 0 Å². The molecule has 0 aromatic heterocycles. The molecule has 0 N–H and O–H groups in total. The lowest BCUT2D eigenvalue weighted by atomic mass is 9.69. The topological polar surface area (TPSA) is 30.9 Å². The van der Waals surface area contributed by atoms with Crippen LogP contribution in [0.3, 0.4) is 0 Å². The van der Waals surface area contributed by atoms with Gasteiger partial charge in [-0.2, -0.15) is 0 Å². The molecule has 0 radical (unpaired) electrons. The van der Waals surface area contributed by atoms with Crippen molar-refractivity contribution >= 4 is 22.5 Å². The van der Waals surface area contributed by atoms with Gasteiger partial charge in [-0.15, -0.1) is 0 Å². The zero-order valence-electron chi connectivity index (χ0n) is 33.9. The molecule has 1 saturated heterocycles. The van der Waals surface area contributed by atoms with E-state index in [1.165, 1.54) is 57.0 Å². The van der Waals surface area contributed by atoms with Gasteiger partial charge in [0, 0.05) is 46.3 Å². The highest BCUT2D eigenvalue weighted by Crippen LogP contribution is 2.61. The molecule has 0 amide bonds. The number of rotatable bonds is 10. The Kier molecular flexibility index (Phi) is 9.69. The van der Waals surface area contributed by atoms with E-state index in [1.807, 2.05) is 6.07 Å². The Labute approximate surface area is 336 Å². The zero-order valence-corrected chi connectivity index (χ0v) is 33.9. The lowest BCUT2D eigenvalue weighted by Crippen LogP contribution is -2.37. The van der Waals surface area contributed by atoms with Gasteiger partial charge < -0.3 is 19.1 Å². The first kappa shape index (κ1) is 37.2. The molecule has 1 aliphatic carbocycles. The Balaban J connectivity index is 1.28. The Hall–Kier alpha value is -5.39. The van der Waals surface area contributed by atoms with Crippen LogP contribution >= 0.6 is 0 Å². The van der Waals surface area contributed by atoms with Crippen LogP contribution in [0.5, 0.6) is 11.5 Å². The van der Waals surface area contributed by atoms with Crippen LogP contribution in [0.1, 0.15) is 85.4 Å². The van der Waals surface area contributed by atoms with Crippen LogP contribution < -0.4 is 14.4 Å². The molecule has 2 aliphatic heterocycles. The molecule has 1 unspecified atom stereocenters. The summed E-state index contributed by atoms with van der Waals surface area (Å²) in [6.07, 6.45) is 9.63. The molecule has 3 aliphatic rings. The maximum atomic E-state index is 15.8. The van der Waals surface area contributed by atoms with Crippen molar-refractivity contribution in [1.82, 2.24) is 0 Å². The summed E-state index contributed by atoms with van der Waals surface area (Å²) < 4.78 is 34.4. The summed E-state index contributed by atoms with van der Waals surface area (Å²) in [5.41, 5.74) is 13.1. The molecule has 4 nitrogen and oxygen atoms in total. The number of morpholine rings is 1. The van der Waals surface area contributed by atoms with Gasteiger partial charge in [0.15, 0.2) is 17.2 Å². The predicted molar refractivity (Wildman–Crippen MR) is 232 cm³/mol. The number of hydrogen-bond donors (Lipinski definition) is 0. The van der Waals surface area contributed by atoms with Gasteiger partial charge in [-0.1, -0.05) is 118 Å². The maximum absolute atomic E-state index is 15.8. The van der Waals surface area contributed by atoms with E-state index in [2.05, 4.69) is 130 Å². The number of benzene rings is 6. The summed E-state index contributed by atoms with van der Waals surface area (Å²) in [7, 11) is 1.50. The second-order valence-corrected chi connectivity index (χ2v) is 16.1. The van der Waals surface area contributed by atoms with Crippen molar-refractivity contribution in [3.63, 3.8) is 0 Å². The molecule has 6 aromatic carbocycles. The second-order valence-electron chi connectivity index (χ2n) is 16.1. The average Bonchev–Trinajstić information content (AvgIpc) is 3.53. The van der Waals surface area contributed by atoms with Crippen LogP contribution in [0.4, 0.5) is 10.1 Å². The van der Waals surface area contributed by atoms with Crippen LogP contribution in [0.25, 0.3) is 39.1 Å². The van der Waals surface area contributed by atoms with Crippen molar-refractivity contribution in [2.75, 3.05) is 38.3 Å². The minimum atomic E-state index is -1.10. The van der Waals surface area contributed by atoms with Gasteiger partial charge in [0.1, 0.15) is 5.75 Å². The number of hydrogen-bond acceptors (Lipinski definition) is 4. The van der Waals surface area contributed by atoms with Crippen molar-refractivity contribution < 1.29 is 18.6 Å². The van der Waals surface area contributed by atoms with E-state index in [0.29, 0.717) is 18.8 Å². The van der Waals surface area contributed by atoms with E-state index >= 15 is 4.39 Å². The quantitative estimate of drug-likeness (QED) is 0.139. The van der Waals surface area contributed by atoms with E-state index in [1.54, 1.807) is 12.1 Å². The van der Waals surface area contributed by atoms with Gasteiger partial charge >= 0.3 is 0 Å². The first-order chi connectivity index (χ1) is 27.8. The predicted octanol–water partition coefficient (Wildman–Crippen LogP) is 12.6. The third-order valence-corrected chi connectivity index (χ3v) is 12.8. The Morgan fingerprint density at radius 3 is 2.16 bits per heavy atom. The fourth-order valence-corrected chi connectivity index (χ4v) is 10.1. The number of aryl methyl sites for hydroxylation is 2. The van der Waals surface area contributed by atoms with Crippen LogP contribution in [0.15, 0.2) is 109 Å². The summed E-state index contributed by atoms with van der Waals surface area (Å²) in [5, 5.41) is 2.27. The van der Waals surface area contributed by atoms with Crippen molar-refractivity contribution in [2.24, 2.45) is 0 Å². The molecule has 0 spiro atoms. The largest absolute Gasteiger partial charge is 0.494 e. The van der Waals surface area contributed by atoms with E-state index in [4.69, 9.17) is 14.2 Å². The van der Waals surface area contributed by atoms with Crippen LogP contribution in [-0.4, -0.2) is 33.4 Å². The Morgan fingerprint density at radius 2 is 1.47 bits per heavy atom. The molecule has 1 atom stereocenters. The highest BCUT2D eigenvalue weighted by Gasteiger charge is 2.48.